The summed E-state index contributed by atoms with van der Waals surface area (Å²) in [5.41, 5.74) is 9.40. The number of aromatic nitrogens is 2. The molecule has 2 nitrogen and oxygen atoms in total. The predicted octanol–water partition coefficient (Wildman–Crippen LogP) is 9.46. The monoisotopic (exact) mass is 494 g/mol. The van der Waals surface area contributed by atoms with Crippen molar-refractivity contribution in [2.45, 2.75) is 0 Å². The van der Waals surface area contributed by atoms with Gasteiger partial charge in [-0.25, -0.2) is 9.97 Å². The van der Waals surface area contributed by atoms with E-state index in [1.54, 1.807) is 0 Å². The topological polar surface area (TPSA) is 25.8 Å². The van der Waals surface area contributed by atoms with Crippen LogP contribution in [0.15, 0.2) is 140 Å². The Hall–Kier alpha value is -4.53. The van der Waals surface area contributed by atoms with Gasteiger partial charge in [0.2, 0.25) is 0 Å². The van der Waals surface area contributed by atoms with Crippen molar-refractivity contribution in [3.8, 4) is 56.2 Å². The van der Waals surface area contributed by atoms with Crippen molar-refractivity contribution in [3.63, 3.8) is 0 Å². The first-order valence-electron chi connectivity index (χ1n) is 12.2. The van der Waals surface area contributed by atoms with Crippen LogP contribution in [0.25, 0.3) is 56.2 Å². The Labute approximate surface area is 221 Å². The quantitative estimate of drug-likeness (QED) is 0.238. The van der Waals surface area contributed by atoms with Crippen molar-refractivity contribution in [2.24, 2.45) is 0 Å². The molecule has 0 aliphatic heterocycles. The van der Waals surface area contributed by atoms with E-state index in [9.17, 15) is 0 Å². The summed E-state index contributed by atoms with van der Waals surface area (Å²) in [6, 6.07) is 47.4. The minimum absolute atomic E-state index is 0.700. The smallest absolute Gasteiger partial charge is 0.160 e. The molecule has 0 aliphatic rings. The van der Waals surface area contributed by atoms with E-state index in [-0.39, 0.29) is 0 Å². The van der Waals surface area contributed by atoms with Crippen LogP contribution in [0.1, 0.15) is 0 Å². The third kappa shape index (κ3) is 4.93. The summed E-state index contributed by atoms with van der Waals surface area (Å²) in [4.78, 5) is 10.0. The fourth-order valence-corrected chi connectivity index (χ4v) is 4.63. The van der Waals surface area contributed by atoms with Gasteiger partial charge < -0.3 is 0 Å². The number of hydrogen-bond acceptors (Lipinski definition) is 2. The molecule has 6 aromatic rings. The van der Waals surface area contributed by atoms with E-state index >= 15 is 0 Å². The Morgan fingerprint density at radius 3 is 1.54 bits per heavy atom. The van der Waals surface area contributed by atoms with Crippen LogP contribution in [-0.4, -0.2) is 9.97 Å². The predicted molar refractivity (Wildman–Crippen MR) is 154 cm³/mol. The van der Waals surface area contributed by atoms with Gasteiger partial charge >= 0.3 is 0 Å². The molecule has 1 heterocycles. The highest BCUT2D eigenvalue weighted by Gasteiger charge is 2.14. The van der Waals surface area contributed by atoms with Gasteiger partial charge in [0.1, 0.15) is 0 Å². The highest BCUT2D eigenvalue weighted by Crippen LogP contribution is 2.35. The van der Waals surface area contributed by atoms with Gasteiger partial charge in [-0.1, -0.05) is 133 Å². The fourth-order valence-electron chi connectivity index (χ4n) is 4.50. The summed E-state index contributed by atoms with van der Waals surface area (Å²) in [5.74, 6) is 0.700. The van der Waals surface area contributed by atoms with E-state index in [0.29, 0.717) is 5.82 Å². The zero-order valence-electron chi connectivity index (χ0n) is 20.1. The molecule has 5 aromatic carbocycles. The van der Waals surface area contributed by atoms with E-state index in [1.165, 1.54) is 11.1 Å². The number of nitrogens with zero attached hydrogens (tertiary/aromatic N) is 2. The zero-order valence-corrected chi connectivity index (χ0v) is 20.8. The highest BCUT2D eigenvalue weighted by atomic mass is 35.5. The van der Waals surface area contributed by atoms with E-state index in [0.717, 1.165) is 44.2 Å². The first-order chi connectivity index (χ1) is 18.2. The molecule has 0 spiro atoms. The van der Waals surface area contributed by atoms with Crippen molar-refractivity contribution in [1.82, 2.24) is 9.97 Å². The minimum atomic E-state index is 0.700. The number of hydrogen-bond donors (Lipinski definition) is 0. The van der Waals surface area contributed by atoms with Crippen molar-refractivity contribution in [1.29, 1.82) is 0 Å². The molecule has 0 saturated heterocycles. The van der Waals surface area contributed by atoms with E-state index < -0.39 is 0 Å². The van der Waals surface area contributed by atoms with Gasteiger partial charge in [0.05, 0.1) is 11.4 Å². The van der Waals surface area contributed by atoms with Crippen molar-refractivity contribution < 1.29 is 0 Å². The second-order valence-electron chi connectivity index (χ2n) is 8.82. The average molecular weight is 495 g/mol. The second-order valence-corrected chi connectivity index (χ2v) is 9.26. The highest BCUT2D eigenvalue weighted by molar-refractivity contribution is 6.30. The molecule has 0 atom stereocenters. The third-order valence-corrected chi connectivity index (χ3v) is 6.66. The summed E-state index contributed by atoms with van der Waals surface area (Å²) >= 11 is 6.16. The number of benzene rings is 5. The molecular weight excluding hydrogens is 472 g/mol. The lowest BCUT2D eigenvalue weighted by molar-refractivity contribution is 1.18. The lowest BCUT2D eigenvalue weighted by atomic mass is 9.96. The maximum atomic E-state index is 6.16. The van der Waals surface area contributed by atoms with Crippen molar-refractivity contribution in [3.05, 3.63) is 145 Å². The molecule has 0 bridgehead atoms. The average Bonchev–Trinajstić information content (AvgIpc) is 2.98. The van der Waals surface area contributed by atoms with Gasteiger partial charge in [0, 0.05) is 21.7 Å². The first-order valence-corrected chi connectivity index (χ1v) is 12.6. The molecule has 0 fully saturated rings. The zero-order chi connectivity index (χ0) is 25.0. The third-order valence-electron chi connectivity index (χ3n) is 6.40. The Morgan fingerprint density at radius 2 is 0.865 bits per heavy atom. The van der Waals surface area contributed by atoms with E-state index in [4.69, 9.17) is 21.6 Å². The van der Waals surface area contributed by atoms with Crippen LogP contribution >= 0.6 is 11.6 Å². The molecule has 37 heavy (non-hydrogen) atoms. The standard InChI is InChI=1S/C34H23ClN2/c35-29-21-19-26(20-22-29)30-13-7-8-14-31(30)33-23-32(36-34(37-33)28-11-5-2-6-12-28)27-17-15-25(16-18-27)24-9-3-1-4-10-24/h1-23H. The summed E-state index contributed by atoms with van der Waals surface area (Å²) in [5, 5.41) is 0.718. The van der Waals surface area contributed by atoms with E-state index in [1.807, 2.05) is 66.7 Å². The number of halogens is 1. The van der Waals surface area contributed by atoms with Gasteiger partial charge in [-0.3, -0.25) is 0 Å². The Kier molecular flexibility index (Phi) is 6.33. The van der Waals surface area contributed by atoms with Gasteiger partial charge in [0.15, 0.2) is 5.82 Å². The molecule has 0 N–H and O–H groups in total. The van der Waals surface area contributed by atoms with Crippen LogP contribution in [0.2, 0.25) is 5.02 Å². The maximum absolute atomic E-state index is 6.16. The van der Waals surface area contributed by atoms with Crippen molar-refractivity contribution in [2.75, 3.05) is 0 Å². The molecule has 0 unspecified atom stereocenters. The van der Waals surface area contributed by atoms with Gasteiger partial charge in [-0.2, -0.15) is 0 Å². The SMILES string of the molecule is Clc1ccc(-c2ccccc2-c2cc(-c3ccc(-c4ccccc4)cc3)nc(-c3ccccc3)n2)cc1. The Bertz CT molecular complexity index is 1640. The van der Waals surface area contributed by atoms with Gasteiger partial charge in [-0.05, 0) is 40.5 Å². The Morgan fingerprint density at radius 1 is 0.378 bits per heavy atom. The molecule has 0 aliphatic carbocycles. The van der Waals surface area contributed by atoms with Crippen LogP contribution in [-0.2, 0) is 0 Å². The van der Waals surface area contributed by atoms with Crippen LogP contribution in [0.5, 0.6) is 0 Å². The first kappa shape index (κ1) is 22.9. The van der Waals surface area contributed by atoms with Crippen LogP contribution < -0.4 is 0 Å². The largest absolute Gasteiger partial charge is 0.228 e. The molecule has 176 valence electrons. The summed E-state index contributed by atoms with van der Waals surface area (Å²) in [6.07, 6.45) is 0. The molecular formula is C34H23ClN2. The van der Waals surface area contributed by atoms with Crippen LogP contribution in [0.4, 0.5) is 0 Å². The van der Waals surface area contributed by atoms with Crippen LogP contribution in [0, 0.1) is 0 Å². The van der Waals surface area contributed by atoms with Gasteiger partial charge in [-0.15, -0.1) is 0 Å². The van der Waals surface area contributed by atoms with Gasteiger partial charge in [0.25, 0.3) is 0 Å². The maximum Gasteiger partial charge on any atom is 0.160 e. The molecule has 0 saturated carbocycles. The lowest BCUT2D eigenvalue weighted by Gasteiger charge is -2.13. The molecule has 0 radical (unpaired) electrons. The minimum Gasteiger partial charge on any atom is -0.228 e. The summed E-state index contributed by atoms with van der Waals surface area (Å²) in [6.45, 7) is 0. The number of rotatable bonds is 5. The summed E-state index contributed by atoms with van der Waals surface area (Å²) in [7, 11) is 0. The van der Waals surface area contributed by atoms with E-state index in [2.05, 4.69) is 72.8 Å². The second kappa shape index (κ2) is 10.2. The molecule has 1 aromatic heterocycles. The fraction of sp³-hybridized carbons (Fsp3) is 0. The molecule has 3 heteroatoms. The van der Waals surface area contributed by atoms with Crippen LogP contribution in [0.3, 0.4) is 0 Å². The normalized spacial score (nSPS) is 10.8. The van der Waals surface area contributed by atoms with Crippen molar-refractivity contribution >= 4 is 11.6 Å². The summed E-state index contributed by atoms with van der Waals surface area (Å²) < 4.78 is 0. The lowest BCUT2D eigenvalue weighted by Crippen LogP contribution is -1.97. The molecule has 6 rings (SSSR count). The Balaban J connectivity index is 1.49. The molecule has 0 amide bonds.